The molecule has 4 aromatic rings. The lowest BCUT2D eigenvalue weighted by molar-refractivity contribution is -0.117. The number of halogens is 1. The van der Waals surface area contributed by atoms with E-state index in [0.29, 0.717) is 21.6 Å². The van der Waals surface area contributed by atoms with E-state index in [1.165, 1.54) is 40.2 Å². The summed E-state index contributed by atoms with van der Waals surface area (Å²) in [5, 5.41) is 7.12. The highest BCUT2D eigenvalue weighted by molar-refractivity contribution is 7.17. The molecule has 2 heterocycles. The van der Waals surface area contributed by atoms with Crippen molar-refractivity contribution >= 4 is 44.7 Å². The van der Waals surface area contributed by atoms with Crippen molar-refractivity contribution in [2.75, 3.05) is 10.6 Å². The van der Waals surface area contributed by atoms with Gasteiger partial charge in [0.15, 0.2) is 0 Å². The highest BCUT2D eigenvalue weighted by atomic mass is 32.1. The average molecular weight is 495 g/mol. The highest BCUT2D eigenvalue weighted by Gasteiger charge is 2.18. The van der Waals surface area contributed by atoms with Gasteiger partial charge in [-0.2, -0.15) is 0 Å². The second-order valence-electron chi connectivity index (χ2n) is 7.82. The number of nitrogens with zero attached hydrogens (tertiary/aromatic N) is 2. The molecule has 2 aromatic heterocycles. The Morgan fingerprint density at radius 1 is 0.943 bits per heavy atom. The summed E-state index contributed by atoms with van der Waals surface area (Å²) < 4.78 is 15.6. The zero-order valence-corrected chi connectivity index (χ0v) is 19.7. The van der Waals surface area contributed by atoms with Gasteiger partial charge in [-0.3, -0.25) is 23.5 Å². The van der Waals surface area contributed by atoms with Gasteiger partial charge in [-0.25, -0.2) is 9.18 Å². The van der Waals surface area contributed by atoms with Crippen LogP contribution < -0.4 is 21.9 Å². The average Bonchev–Trinajstić information content (AvgIpc) is 3.34. The molecule has 0 fully saturated rings. The molecule has 35 heavy (non-hydrogen) atoms. The van der Waals surface area contributed by atoms with Gasteiger partial charge in [0.1, 0.15) is 17.1 Å². The van der Waals surface area contributed by atoms with Crippen LogP contribution in [0.15, 0.2) is 69.6 Å². The fourth-order valence-electron chi connectivity index (χ4n) is 3.74. The van der Waals surface area contributed by atoms with Gasteiger partial charge in [-0.15, -0.1) is 11.3 Å². The van der Waals surface area contributed by atoms with E-state index in [1.807, 2.05) is 25.1 Å². The molecular weight excluding hydrogens is 471 g/mol. The number of aryl methyl sites for hydroxylation is 1. The second kappa shape index (κ2) is 10.5. The van der Waals surface area contributed by atoms with Crippen molar-refractivity contribution in [3.63, 3.8) is 0 Å². The molecule has 180 valence electrons. The zero-order valence-electron chi connectivity index (χ0n) is 18.9. The predicted molar refractivity (Wildman–Crippen MR) is 134 cm³/mol. The maximum absolute atomic E-state index is 13.2. The van der Waals surface area contributed by atoms with Crippen LogP contribution in [0.4, 0.5) is 15.8 Å². The monoisotopic (exact) mass is 494 g/mol. The molecular formula is C25H23FN4O4S. The number of para-hydroxylation sites is 1. The quantitative estimate of drug-likeness (QED) is 0.391. The number of carbonyl (C=O) groups excluding carboxylic acids is 2. The number of hydrogen-bond donors (Lipinski definition) is 2. The Bertz CT molecular complexity index is 1500. The van der Waals surface area contributed by atoms with Gasteiger partial charge in [0.25, 0.3) is 5.56 Å². The Morgan fingerprint density at radius 2 is 1.69 bits per heavy atom. The molecule has 10 heteroatoms. The van der Waals surface area contributed by atoms with Gasteiger partial charge >= 0.3 is 5.69 Å². The summed E-state index contributed by atoms with van der Waals surface area (Å²) in [7, 11) is 0. The molecule has 0 unspecified atom stereocenters. The van der Waals surface area contributed by atoms with Crippen LogP contribution in [-0.4, -0.2) is 20.9 Å². The molecule has 2 aromatic carbocycles. The van der Waals surface area contributed by atoms with Gasteiger partial charge in [0, 0.05) is 24.3 Å². The van der Waals surface area contributed by atoms with Crippen LogP contribution in [-0.2, 0) is 29.1 Å². The number of aromatic nitrogens is 2. The van der Waals surface area contributed by atoms with Gasteiger partial charge in [0.05, 0.1) is 5.52 Å². The lowest BCUT2D eigenvalue weighted by atomic mass is 10.1. The molecule has 0 bridgehead atoms. The largest absolute Gasteiger partial charge is 0.332 e. The van der Waals surface area contributed by atoms with E-state index in [9.17, 15) is 23.6 Å². The van der Waals surface area contributed by atoms with Crippen molar-refractivity contribution in [3.8, 4) is 0 Å². The van der Waals surface area contributed by atoms with Crippen LogP contribution in [0, 0.1) is 5.82 Å². The third-order valence-electron chi connectivity index (χ3n) is 5.50. The Labute approximate surface area is 203 Å². The lowest BCUT2D eigenvalue weighted by Gasteiger charge is -2.14. The minimum atomic E-state index is -0.672. The number of thiophene rings is 1. The third kappa shape index (κ3) is 5.38. The van der Waals surface area contributed by atoms with Crippen LogP contribution in [0.3, 0.4) is 0 Å². The van der Waals surface area contributed by atoms with Crippen LogP contribution in [0.25, 0.3) is 10.2 Å². The van der Waals surface area contributed by atoms with Crippen molar-refractivity contribution in [1.29, 1.82) is 0 Å². The third-order valence-corrected chi connectivity index (χ3v) is 6.39. The number of hydrogen-bond acceptors (Lipinski definition) is 5. The number of benzene rings is 2. The molecule has 2 amide bonds. The predicted octanol–water partition coefficient (Wildman–Crippen LogP) is 3.59. The standard InChI is InChI=1S/C25H23FN4O4S/c1-2-16-5-3-4-6-19(16)28-22(32)15-30-20-12-14-35-23(20)24(33)29(25(30)34)13-11-21(31)27-18-9-7-17(26)8-10-18/h3-10,12,14H,2,11,13,15H2,1H3,(H,27,31)(H,28,32). The summed E-state index contributed by atoms with van der Waals surface area (Å²) in [6.07, 6.45) is 0.579. The van der Waals surface area contributed by atoms with Gasteiger partial charge < -0.3 is 10.6 Å². The molecule has 0 spiro atoms. The Balaban J connectivity index is 1.56. The SMILES string of the molecule is CCc1ccccc1NC(=O)Cn1c(=O)n(CCC(=O)Nc2ccc(F)cc2)c(=O)c2sccc21. The normalized spacial score (nSPS) is 10.9. The molecule has 0 atom stereocenters. The van der Waals surface area contributed by atoms with Gasteiger partial charge in [-0.05, 0) is 53.8 Å². The summed E-state index contributed by atoms with van der Waals surface area (Å²) >= 11 is 1.17. The van der Waals surface area contributed by atoms with Crippen LogP contribution in [0.2, 0.25) is 0 Å². The van der Waals surface area contributed by atoms with E-state index in [4.69, 9.17) is 0 Å². The lowest BCUT2D eigenvalue weighted by Crippen LogP contribution is -2.42. The fraction of sp³-hybridized carbons (Fsp3) is 0.200. The first-order valence-corrected chi connectivity index (χ1v) is 11.9. The molecule has 2 N–H and O–H groups in total. The first-order chi connectivity index (χ1) is 16.9. The minimum absolute atomic E-state index is 0.153. The molecule has 0 saturated carbocycles. The maximum atomic E-state index is 13.2. The van der Waals surface area contributed by atoms with Gasteiger partial charge in [-0.1, -0.05) is 25.1 Å². The Kier molecular flexibility index (Phi) is 7.21. The van der Waals surface area contributed by atoms with Crippen molar-refractivity contribution in [1.82, 2.24) is 9.13 Å². The number of carbonyl (C=O) groups is 2. The topological polar surface area (TPSA) is 102 Å². The van der Waals surface area contributed by atoms with Crippen molar-refractivity contribution < 1.29 is 14.0 Å². The second-order valence-corrected chi connectivity index (χ2v) is 8.74. The van der Waals surface area contributed by atoms with Crippen molar-refractivity contribution in [2.45, 2.75) is 32.9 Å². The number of anilines is 2. The smallest absolute Gasteiger partial charge is 0.326 e. The molecule has 0 aliphatic rings. The van der Waals surface area contributed by atoms with Crippen LogP contribution in [0.5, 0.6) is 0 Å². The summed E-state index contributed by atoms with van der Waals surface area (Å²) in [5.74, 6) is -1.27. The van der Waals surface area contributed by atoms with E-state index in [1.54, 1.807) is 17.5 Å². The van der Waals surface area contributed by atoms with Gasteiger partial charge in [0.2, 0.25) is 11.8 Å². The first-order valence-electron chi connectivity index (χ1n) is 11.0. The van der Waals surface area contributed by atoms with Crippen molar-refractivity contribution in [2.24, 2.45) is 0 Å². The molecule has 0 aliphatic carbocycles. The molecule has 0 aliphatic heterocycles. The van der Waals surface area contributed by atoms with E-state index in [2.05, 4.69) is 10.6 Å². The summed E-state index contributed by atoms with van der Waals surface area (Å²) in [4.78, 5) is 51.3. The number of fused-ring (bicyclic) bond motifs is 1. The summed E-state index contributed by atoms with van der Waals surface area (Å²) in [6, 6.07) is 14.3. The highest BCUT2D eigenvalue weighted by Crippen LogP contribution is 2.17. The summed E-state index contributed by atoms with van der Waals surface area (Å²) in [6.45, 7) is 1.53. The van der Waals surface area contributed by atoms with Crippen LogP contribution >= 0.6 is 11.3 Å². The number of amides is 2. The number of rotatable bonds is 8. The fourth-order valence-corrected chi connectivity index (χ4v) is 4.58. The minimum Gasteiger partial charge on any atom is -0.326 e. The zero-order chi connectivity index (χ0) is 24.9. The Hall–Kier alpha value is -4.05. The molecule has 4 rings (SSSR count). The van der Waals surface area contributed by atoms with E-state index in [0.717, 1.165) is 16.6 Å². The first kappa shape index (κ1) is 24.1. The van der Waals surface area contributed by atoms with E-state index >= 15 is 0 Å². The van der Waals surface area contributed by atoms with Crippen LogP contribution in [0.1, 0.15) is 18.9 Å². The molecule has 8 nitrogen and oxygen atoms in total. The van der Waals surface area contributed by atoms with E-state index < -0.39 is 28.9 Å². The summed E-state index contributed by atoms with van der Waals surface area (Å²) in [5.41, 5.74) is 1.22. The number of nitrogens with one attached hydrogen (secondary N) is 2. The maximum Gasteiger partial charge on any atom is 0.332 e. The van der Waals surface area contributed by atoms with E-state index in [-0.39, 0.29) is 19.5 Å². The van der Waals surface area contributed by atoms with Crippen molar-refractivity contribution in [3.05, 3.63) is 92.2 Å². The Morgan fingerprint density at radius 3 is 2.43 bits per heavy atom. The molecule has 0 saturated heterocycles. The molecule has 0 radical (unpaired) electrons.